The molecule has 0 unspecified atom stereocenters. The summed E-state index contributed by atoms with van der Waals surface area (Å²) in [4.78, 5) is 12.4. The van der Waals surface area contributed by atoms with Crippen LogP contribution in [-0.2, 0) is 0 Å². The van der Waals surface area contributed by atoms with Gasteiger partial charge < -0.3 is 5.73 Å². The maximum Gasteiger partial charge on any atom is 0.293 e. The highest BCUT2D eigenvalue weighted by molar-refractivity contribution is 5.94. The zero-order valence-corrected chi connectivity index (χ0v) is 14.2. The number of amides is 1. The Hall–Kier alpha value is -3.70. The Labute approximate surface area is 151 Å². The van der Waals surface area contributed by atoms with Crippen LogP contribution >= 0.6 is 0 Å². The highest BCUT2D eigenvalue weighted by atomic mass is 19.1. The zero-order valence-electron chi connectivity index (χ0n) is 14.2. The van der Waals surface area contributed by atoms with E-state index in [1.54, 1.807) is 0 Å². The highest BCUT2D eigenvalue weighted by Gasteiger charge is 2.25. The molecule has 27 heavy (non-hydrogen) atoms. The third-order valence-electron chi connectivity index (χ3n) is 3.50. The van der Waals surface area contributed by atoms with Crippen molar-refractivity contribution in [3.8, 4) is 5.82 Å². The van der Waals surface area contributed by atoms with Crippen molar-refractivity contribution in [3.63, 3.8) is 0 Å². The zero-order chi connectivity index (χ0) is 19.6. The second kappa shape index (κ2) is 7.27. The number of nitrogens with zero attached hydrogens (tertiary/aromatic N) is 6. The monoisotopic (exact) mass is 376 g/mol. The molecule has 1 aromatic carbocycles. The van der Waals surface area contributed by atoms with E-state index in [-0.39, 0.29) is 28.8 Å². The quantitative estimate of drug-likeness (QED) is 0.507. The maximum atomic E-state index is 13.6. The van der Waals surface area contributed by atoms with Crippen LogP contribution in [0.2, 0.25) is 0 Å². The van der Waals surface area contributed by atoms with Crippen molar-refractivity contribution in [2.45, 2.75) is 19.8 Å². The van der Waals surface area contributed by atoms with Gasteiger partial charge in [0.2, 0.25) is 11.6 Å². The molecule has 0 aliphatic carbocycles. The first kappa shape index (κ1) is 18.1. The van der Waals surface area contributed by atoms with Crippen molar-refractivity contribution in [3.05, 3.63) is 46.8 Å². The van der Waals surface area contributed by atoms with Gasteiger partial charge in [-0.15, -0.1) is 5.10 Å². The molecule has 0 saturated heterocycles. The Balaban J connectivity index is 1.84. The second-order valence-electron chi connectivity index (χ2n) is 5.73. The van der Waals surface area contributed by atoms with E-state index in [0.717, 1.165) is 12.3 Å². The fourth-order valence-corrected chi connectivity index (χ4v) is 2.28. The van der Waals surface area contributed by atoms with E-state index < -0.39 is 17.5 Å². The molecule has 10 nitrogen and oxygen atoms in total. The number of nitrogen functional groups attached to an aromatic ring is 1. The van der Waals surface area contributed by atoms with Gasteiger partial charge in [-0.1, -0.05) is 19.1 Å². The Morgan fingerprint density at radius 1 is 1.37 bits per heavy atom. The van der Waals surface area contributed by atoms with Gasteiger partial charge in [0, 0.05) is 11.6 Å². The molecule has 0 atom stereocenters. The lowest BCUT2D eigenvalue weighted by molar-refractivity contribution is 0.0948. The van der Waals surface area contributed by atoms with E-state index in [1.165, 1.54) is 10.7 Å². The molecule has 3 rings (SSSR count). The van der Waals surface area contributed by atoms with Gasteiger partial charge in [-0.05, 0) is 28.4 Å². The molecule has 2 aromatic heterocycles. The van der Waals surface area contributed by atoms with Crippen LogP contribution in [0.1, 0.15) is 41.5 Å². The molecule has 0 fully saturated rings. The number of halogens is 2. The molecular weight excluding hydrogens is 362 g/mol. The summed E-state index contributed by atoms with van der Waals surface area (Å²) >= 11 is 0. The van der Waals surface area contributed by atoms with E-state index in [2.05, 4.69) is 35.8 Å². The Kier molecular flexibility index (Phi) is 4.88. The SMILES string of the molecule is CC(C)c1c(C(=O)N/N=C/c2ccc(F)cc2F)nnn1-c1nonc1N. The molecule has 2 heterocycles. The molecule has 0 spiro atoms. The summed E-state index contributed by atoms with van der Waals surface area (Å²) in [6, 6.07) is 2.98. The lowest BCUT2D eigenvalue weighted by Gasteiger charge is -2.08. The van der Waals surface area contributed by atoms with Crippen LogP contribution < -0.4 is 11.2 Å². The number of nitrogens with one attached hydrogen (secondary N) is 1. The van der Waals surface area contributed by atoms with Crippen LogP contribution in [-0.4, -0.2) is 37.4 Å². The summed E-state index contributed by atoms with van der Waals surface area (Å²) < 4.78 is 32.2. The van der Waals surface area contributed by atoms with Crippen LogP contribution in [0.3, 0.4) is 0 Å². The lowest BCUT2D eigenvalue weighted by Crippen LogP contribution is -2.21. The molecule has 0 aliphatic heterocycles. The molecule has 0 bridgehead atoms. The first-order chi connectivity index (χ1) is 12.9. The van der Waals surface area contributed by atoms with Gasteiger partial charge in [0.1, 0.15) is 11.6 Å². The van der Waals surface area contributed by atoms with Gasteiger partial charge >= 0.3 is 0 Å². The van der Waals surface area contributed by atoms with E-state index in [9.17, 15) is 13.6 Å². The number of anilines is 1. The van der Waals surface area contributed by atoms with Gasteiger partial charge in [0.05, 0.1) is 11.9 Å². The van der Waals surface area contributed by atoms with E-state index in [4.69, 9.17) is 5.73 Å². The van der Waals surface area contributed by atoms with E-state index in [1.807, 2.05) is 13.8 Å². The van der Waals surface area contributed by atoms with Crippen LogP contribution in [0.15, 0.2) is 27.9 Å². The fraction of sp³-hybridized carbons (Fsp3) is 0.200. The molecule has 1 amide bonds. The number of aromatic nitrogens is 5. The number of carbonyl (C=O) groups excluding carboxylic acids is 1. The average Bonchev–Trinajstić information content (AvgIpc) is 3.22. The third-order valence-corrected chi connectivity index (χ3v) is 3.50. The first-order valence-electron chi connectivity index (χ1n) is 7.71. The minimum atomic E-state index is -0.809. The molecule has 0 aliphatic rings. The normalized spacial score (nSPS) is 11.4. The molecule has 0 radical (unpaired) electrons. The largest absolute Gasteiger partial charge is 0.378 e. The smallest absolute Gasteiger partial charge is 0.293 e. The number of hydrazone groups is 1. The summed E-state index contributed by atoms with van der Waals surface area (Å²) in [5.74, 6) is -2.31. The summed E-state index contributed by atoms with van der Waals surface area (Å²) in [6.45, 7) is 3.62. The van der Waals surface area contributed by atoms with E-state index in [0.29, 0.717) is 11.8 Å². The minimum Gasteiger partial charge on any atom is -0.378 e. The predicted molar refractivity (Wildman–Crippen MR) is 89.1 cm³/mol. The molecule has 0 saturated carbocycles. The molecule has 3 N–H and O–H groups in total. The Morgan fingerprint density at radius 3 is 2.78 bits per heavy atom. The topological polar surface area (TPSA) is 137 Å². The summed E-state index contributed by atoms with van der Waals surface area (Å²) in [7, 11) is 0. The summed E-state index contributed by atoms with van der Waals surface area (Å²) in [6.07, 6.45) is 1.05. The number of hydrogen-bond acceptors (Lipinski definition) is 8. The van der Waals surface area contributed by atoms with Gasteiger partial charge in [-0.25, -0.2) is 18.8 Å². The van der Waals surface area contributed by atoms with Gasteiger partial charge in [-0.3, -0.25) is 4.79 Å². The number of rotatable bonds is 5. The van der Waals surface area contributed by atoms with Gasteiger partial charge in [0.15, 0.2) is 5.69 Å². The highest BCUT2D eigenvalue weighted by Crippen LogP contribution is 2.22. The third kappa shape index (κ3) is 3.63. The number of nitrogens with two attached hydrogens (primary N) is 1. The number of benzene rings is 1. The molecule has 140 valence electrons. The van der Waals surface area contributed by atoms with Crippen LogP contribution in [0.5, 0.6) is 0 Å². The van der Waals surface area contributed by atoms with Crippen molar-refractivity contribution in [2.75, 3.05) is 5.73 Å². The standard InChI is InChI=1S/C15H14F2N8O2/c1-7(2)12-11(20-24-25(12)14-13(18)22-27-23-14)15(26)21-19-6-8-3-4-9(16)5-10(8)17/h3-7H,1-2H3,(H2,18,22)(H,21,26)/b19-6+. The number of carbonyl (C=O) groups is 1. The van der Waals surface area contributed by atoms with Crippen molar-refractivity contribution in [1.82, 2.24) is 30.7 Å². The minimum absolute atomic E-state index is 0.00545. The fourth-order valence-electron chi connectivity index (χ4n) is 2.28. The summed E-state index contributed by atoms with van der Waals surface area (Å²) in [5, 5.41) is 18.5. The van der Waals surface area contributed by atoms with Gasteiger partial charge in [0.25, 0.3) is 5.91 Å². The number of hydrogen-bond donors (Lipinski definition) is 2. The lowest BCUT2D eigenvalue weighted by atomic mass is 10.1. The average molecular weight is 376 g/mol. The maximum absolute atomic E-state index is 13.6. The Bertz CT molecular complexity index is 1010. The van der Waals surface area contributed by atoms with Gasteiger partial charge in [-0.2, -0.15) is 9.78 Å². The molecular formula is C15H14F2N8O2. The Morgan fingerprint density at radius 2 is 2.15 bits per heavy atom. The second-order valence-corrected chi connectivity index (χ2v) is 5.73. The summed E-state index contributed by atoms with van der Waals surface area (Å²) in [5.41, 5.74) is 8.26. The molecule has 3 aromatic rings. The molecule has 12 heteroatoms. The van der Waals surface area contributed by atoms with Crippen molar-refractivity contribution >= 4 is 17.9 Å². The van der Waals surface area contributed by atoms with Crippen molar-refractivity contribution in [1.29, 1.82) is 0 Å². The van der Waals surface area contributed by atoms with Crippen LogP contribution in [0.4, 0.5) is 14.6 Å². The van der Waals surface area contributed by atoms with Crippen LogP contribution in [0, 0.1) is 11.6 Å². The first-order valence-corrected chi connectivity index (χ1v) is 7.71. The van der Waals surface area contributed by atoms with Crippen molar-refractivity contribution < 1.29 is 18.2 Å². The van der Waals surface area contributed by atoms with Crippen LogP contribution in [0.25, 0.3) is 5.82 Å². The predicted octanol–water partition coefficient (Wildman–Crippen LogP) is 1.40. The van der Waals surface area contributed by atoms with E-state index >= 15 is 0 Å². The van der Waals surface area contributed by atoms with Crippen molar-refractivity contribution in [2.24, 2.45) is 5.10 Å².